The number of nitrogens with one attached hydrogen (secondary N) is 1. The zero-order valence-electron chi connectivity index (χ0n) is 9.97. The Kier molecular flexibility index (Phi) is 4.38. The normalized spacial score (nSPS) is 12.3. The van der Waals surface area contributed by atoms with Crippen LogP contribution in [0.4, 0.5) is 0 Å². The van der Waals surface area contributed by atoms with Crippen molar-refractivity contribution in [3.05, 3.63) is 39.8 Å². The van der Waals surface area contributed by atoms with Gasteiger partial charge in [0, 0.05) is 23.8 Å². The highest BCUT2D eigenvalue weighted by Crippen LogP contribution is 2.21. The number of hydrogen-bond acceptors (Lipinski definition) is 3. The molecule has 18 heavy (non-hydrogen) atoms. The lowest BCUT2D eigenvalue weighted by atomic mass is 10.3. The monoisotopic (exact) mass is 283 g/mol. The van der Waals surface area contributed by atoms with Gasteiger partial charge in [0.15, 0.2) is 0 Å². The molecule has 0 aliphatic carbocycles. The summed E-state index contributed by atoms with van der Waals surface area (Å²) in [6.45, 7) is 2.44. The van der Waals surface area contributed by atoms with Crippen LogP contribution in [0.15, 0.2) is 30.6 Å². The fourth-order valence-corrected chi connectivity index (χ4v) is 2.66. The number of halogens is 1. The Bertz CT molecular complexity index is 509. The summed E-state index contributed by atoms with van der Waals surface area (Å²) in [7, 11) is 0. The van der Waals surface area contributed by atoms with Gasteiger partial charge in [-0.1, -0.05) is 11.6 Å². The number of amides is 1. The molecule has 1 atom stereocenters. The van der Waals surface area contributed by atoms with E-state index in [2.05, 4.69) is 10.4 Å². The minimum atomic E-state index is -0.285. The van der Waals surface area contributed by atoms with Crippen LogP contribution < -0.4 is 5.32 Å². The van der Waals surface area contributed by atoms with Crippen LogP contribution >= 0.6 is 22.9 Å². The molecule has 96 valence electrons. The van der Waals surface area contributed by atoms with Crippen molar-refractivity contribution in [3.63, 3.8) is 0 Å². The van der Waals surface area contributed by atoms with E-state index in [-0.39, 0.29) is 11.9 Å². The number of hydrogen-bond donors (Lipinski definition) is 1. The van der Waals surface area contributed by atoms with E-state index < -0.39 is 0 Å². The predicted molar refractivity (Wildman–Crippen MR) is 73.0 cm³/mol. The zero-order chi connectivity index (χ0) is 13.0. The van der Waals surface area contributed by atoms with Gasteiger partial charge in [-0.05, 0) is 31.5 Å². The van der Waals surface area contributed by atoms with E-state index >= 15 is 0 Å². The van der Waals surface area contributed by atoms with Crippen molar-refractivity contribution in [2.45, 2.75) is 19.4 Å². The summed E-state index contributed by atoms with van der Waals surface area (Å²) in [6.07, 6.45) is 4.25. The van der Waals surface area contributed by atoms with Crippen molar-refractivity contribution in [2.75, 3.05) is 6.54 Å². The number of rotatable bonds is 5. The van der Waals surface area contributed by atoms with Gasteiger partial charge in [0.1, 0.15) is 6.04 Å². The largest absolute Gasteiger partial charge is 0.354 e. The van der Waals surface area contributed by atoms with Crippen molar-refractivity contribution >= 4 is 28.8 Å². The zero-order valence-corrected chi connectivity index (χ0v) is 11.5. The molecule has 1 unspecified atom stereocenters. The van der Waals surface area contributed by atoms with E-state index in [1.165, 1.54) is 4.88 Å². The van der Waals surface area contributed by atoms with E-state index in [4.69, 9.17) is 11.6 Å². The van der Waals surface area contributed by atoms with Gasteiger partial charge < -0.3 is 5.32 Å². The first-order valence-corrected chi connectivity index (χ1v) is 6.87. The van der Waals surface area contributed by atoms with Gasteiger partial charge >= 0.3 is 0 Å². The van der Waals surface area contributed by atoms with E-state index in [0.717, 1.165) is 10.8 Å². The molecular weight excluding hydrogens is 270 g/mol. The molecule has 0 aromatic carbocycles. The Labute approximate surface area is 115 Å². The molecule has 0 spiro atoms. The maximum absolute atomic E-state index is 11.8. The Morgan fingerprint density at radius 1 is 1.61 bits per heavy atom. The molecular formula is C12H14ClN3OS. The van der Waals surface area contributed by atoms with Crippen molar-refractivity contribution in [2.24, 2.45) is 0 Å². The Balaban J connectivity index is 1.78. The quantitative estimate of drug-likeness (QED) is 0.916. The Morgan fingerprint density at radius 2 is 2.44 bits per heavy atom. The molecule has 0 aliphatic heterocycles. The van der Waals surface area contributed by atoms with E-state index in [0.29, 0.717) is 6.54 Å². The first kappa shape index (κ1) is 13.1. The average molecular weight is 284 g/mol. The third kappa shape index (κ3) is 3.34. The van der Waals surface area contributed by atoms with E-state index in [1.807, 2.05) is 19.1 Å². The standard InChI is InChI=1S/C12H14ClN3OS/c1-9(16-8-2-6-15-16)12(17)14-7-5-10-3-4-11(13)18-10/h2-4,6,8-9H,5,7H2,1H3,(H,14,17). The molecule has 2 rings (SSSR count). The third-order valence-corrected chi connectivity index (χ3v) is 3.89. The maximum Gasteiger partial charge on any atom is 0.244 e. The van der Waals surface area contributed by atoms with Gasteiger partial charge in [0.25, 0.3) is 0 Å². The molecule has 0 saturated carbocycles. The minimum Gasteiger partial charge on any atom is -0.354 e. The summed E-state index contributed by atoms with van der Waals surface area (Å²) in [6, 6.07) is 5.37. The summed E-state index contributed by atoms with van der Waals surface area (Å²) >= 11 is 7.38. The van der Waals surface area contributed by atoms with Crippen LogP contribution in [0.5, 0.6) is 0 Å². The van der Waals surface area contributed by atoms with Gasteiger partial charge in [-0.25, -0.2) is 0 Å². The van der Waals surface area contributed by atoms with Crippen LogP contribution in [0.1, 0.15) is 17.8 Å². The van der Waals surface area contributed by atoms with Crippen LogP contribution in [-0.4, -0.2) is 22.2 Å². The number of thiophene rings is 1. The number of nitrogens with zero attached hydrogens (tertiary/aromatic N) is 2. The first-order chi connectivity index (χ1) is 8.66. The number of carbonyl (C=O) groups excluding carboxylic acids is 1. The molecule has 4 nitrogen and oxygen atoms in total. The lowest BCUT2D eigenvalue weighted by Gasteiger charge is -2.12. The summed E-state index contributed by atoms with van der Waals surface area (Å²) in [5, 5.41) is 6.94. The van der Waals surface area contributed by atoms with Gasteiger partial charge in [-0.3, -0.25) is 9.48 Å². The Hall–Kier alpha value is -1.33. The lowest BCUT2D eigenvalue weighted by Crippen LogP contribution is -2.32. The molecule has 1 amide bonds. The maximum atomic E-state index is 11.8. The van der Waals surface area contributed by atoms with Gasteiger partial charge in [-0.15, -0.1) is 11.3 Å². The molecule has 0 saturated heterocycles. The summed E-state index contributed by atoms with van der Waals surface area (Å²) in [5.41, 5.74) is 0. The second-order valence-corrected chi connectivity index (χ2v) is 5.71. The van der Waals surface area contributed by atoms with Crippen LogP contribution in [0, 0.1) is 0 Å². The highest BCUT2D eigenvalue weighted by atomic mass is 35.5. The second-order valence-electron chi connectivity index (χ2n) is 3.91. The SMILES string of the molecule is CC(C(=O)NCCc1ccc(Cl)s1)n1cccn1. The molecule has 2 heterocycles. The fraction of sp³-hybridized carbons (Fsp3) is 0.333. The topological polar surface area (TPSA) is 46.9 Å². The molecule has 2 aromatic heterocycles. The van der Waals surface area contributed by atoms with Crippen LogP contribution in [0.25, 0.3) is 0 Å². The second kappa shape index (κ2) is 6.02. The van der Waals surface area contributed by atoms with Gasteiger partial charge in [-0.2, -0.15) is 5.10 Å². The van der Waals surface area contributed by atoms with Crippen molar-refractivity contribution in [1.29, 1.82) is 0 Å². The van der Waals surface area contributed by atoms with Crippen LogP contribution in [0.3, 0.4) is 0 Å². The van der Waals surface area contributed by atoms with Crippen LogP contribution in [-0.2, 0) is 11.2 Å². The lowest BCUT2D eigenvalue weighted by molar-refractivity contribution is -0.124. The molecule has 0 fully saturated rings. The number of carbonyl (C=O) groups is 1. The molecule has 2 aromatic rings. The molecule has 6 heteroatoms. The van der Waals surface area contributed by atoms with Crippen molar-refractivity contribution in [1.82, 2.24) is 15.1 Å². The molecule has 0 aliphatic rings. The van der Waals surface area contributed by atoms with Crippen LogP contribution in [0.2, 0.25) is 4.34 Å². The summed E-state index contributed by atoms with van der Waals surface area (Å²) < 4.78 is 2.42. The van der Waals surface area contributed by atoms with Gasteiger partial charge in [0.2, 0.25) is 5.91 Å². The Morgan fingerprint density at radius 3 is 3.06 bits per heavy atom. The van der Waals surface area contributed by atoms with Crippen molar-refractivity contribution in [3.8, 4) is 0 Å². The highest BCUT2D eigenvalue weighted by Gasteiger charge is 2.13. The third-order valence-electron chi connectivity index (χ3n) is 2.60. The molecule has 1 N–H and O–H groups in total. The fourth-order valence-electron chi connectivity index (χ4n) is 1.57. The highest BCUT2D eigenvalue weighted by molar-refractivity contribution is 7.16. The molecule has 0 bridgehead atoms. The number of aromatic nitrogens is 2. The average Bonchev–Trinajstić information content (AvgIpc) is 2.99. The van der Waals surface area contributed by atoms with Gasteiger partial charge in [0.05, 0.1) is 4.34 Å². The van der Waals surface area contributed by atoms with Crippen molar-refractivity contribution < 1.29 is 4.79 Å². The summed E-state index contributed by atoms with van der Waals surface area (Å²) in [5.74, 6) is -0.0265. The first-order valence-electron chi connectivity index (χ1n) is 5.68. The molecule has 0 radical (unpaired) electrons. The minimum absolute atomic E-state index is 0.0265. The van der Waals surface area contributed by atoms with E-state index in [9.17, 15) is 4.79 Å². The van der Waals surface area contributed by atoms with E-state index in [1.54, 1.807) is 34.5 Å². The predicted octanol–water partition coefficient (Wildman–Crippen LogP) is 2.52. The summed E-state index contributed by atoms with van der Waals surface area (Å²) in [4.78, 5) is 13.0. The smallest absolute Gasteiger partial charge is 0.244 e.